The fourth-order valence-corrected chi connectivity index (χ4v) is 8.60. The molecule has 8 aromatic rings. The molecule has 11 rings (SSSR count). The van der Waals surface area contributed by atoms with Crippen molar-refractivity contribution in [3.8, 4) is 62.1 Å². The topological polar surface area (TPSA) is 23.4 Å². The van der Waals surface area contributed by atoms with Crippen LogP contribution in [0.5, 0.6) is 23.0 Å². The van der Waals surface area contributed by atoms with Crippen LogP contribution < -0.4 is 25.9 Å². The second-order valence-corrected chi connectivity index (χ2v) is 13.9. The van der Waals surface area contributed by atoms with Crippen LogP contribution in [0, 0.1) is 0 Å². The van der Waals surface area contributed by atoms with Gasteiger partial charge in [-0.05, 0) is 106 Å². The monoisotopic (exact) mass is 665 g/mol. The first-order valence-electron chi connectivity index (χ1n) is 18.1. The standard InChI is InChI=1S/C48H32BNO2/c1-3-11-31(12-4-1)34-21-26-44-40(29-34)49-41-30-35(32-13-5-2-6-14-32)22-27-45(41)52-48-37(25-28-46(51-44)47(48)49)33-19-23-36(24-20-33)50-42-17-9-7-15-38(42)39-16-8-10-18-43(39)50/h1-7,9-15,17-30H,8,16H2. The first-order chi connectivity index (χ1) is 25.8. The van der Waals surface area contributed by atoms with Crippen molar-refractivity contribution in [1.29, 1.82) is 0 Å². The van der Waals surface area contributed by atoms with E-state index in [0.29, 0.717) is 0 Å². The van der Waals surface area contributed by atoms with Crippen LogP contribution in [0.1, 0.15) is 17.7 Å². The van der Waals surface area contributed by atoms with Crippen molar-refractivity contribution in [2.75, 3.05) is 0 Å². The molecule has 3 heterocycles. The van der Waals surface area contributed by atoms with Gasteiger partial charge in [-0.15, -0.1) is 0 Å². The number of rotatable bonds is 4. The first kappa shape index (κ1) is 29.2. The van der Waals surface area contributed by atoms with Gasteiger partial charge in [0.05, 0.1) is 5.52 Å². The Hall–Kier alpha value is -6.52. The maximum atomic E-state index is 6.97. The summed E-state index contributed by atoms with van der Waals surface area (Å²) in [5, 5.41) is 1.34. The zero-order chi connectivity index (χ0) is 34.2. The minimum Gasteiger partial charge on any atom is -0.458 e. The van der Waals surface area contributed by atoms with Crippen LogP contribution in [0.25, 0.3) is 56.0 Å². The second kappa shape index (κ2) is 11.5. The molecule has 7 aromatic carbocycles. The second-order valence-electron chi connectivity index (χ2n) is 13.9. The number of benzene rings is 7. The number of aromatic nitrogens is 1. The molecule has 0 bridgehead atoms. The summed E-state index contributed by atoms with van der Waals surface area (Å²) in [4.78, 5) is 0. The average molecular weight is 666 g/mol. The van der Waals surface area contributed by atoms with Crippen LogP contribution in [-0.4, -0.2) is 11.3 Å². The fraction of sp³-hybridized carbons (Fsp3) is 0.0417. The molecule has 0 unspecified atom stereocenters. The molecule has 244 valence electrons. The SMILES string of the molecule is C1=Cc2c(c3ccccc3n2-c2ccc(-c3ccc4c5c3Oc3ccc(-c6ccccc6)cc3B5c3cc(-c5ccccc5)ccc3O4)cc2)CC1. The molecule has 52 heavy (non-hydrogen) atoms. The lowest BCUT2D eigenvalue weighted by atomic mass is 9.34. The van der Waals surface area contributed by atoms with Gasteiger partial charge in [0.25, 0.3) is 6.71 Å². The number of aryl methyl sites for hydroxylation is 1. The van der Waals surface area contributed by atoms with Crippen LogP contribution in [0.2, 0.25) is 0 Å². The molecule has 0 radical (unpaired) electrons. The molecule has 0 spiro atoms. The van der Waals surface area contributed by atoms with Gasteiger partial charge in [-0.1, -0.05) is 121 Å². The van der Waals surface area contributed by atoms with Crippen LogP contribution in [-0.2, 0) is 6.42 Å². The van der Waals surface area contributed by atoms with Crippen molar-refractivity contribution < 1.29 is 9.47 Å². The lowest BCUT2D eigenvalue weighted by Gasteiger charge is -2.34. The zero-order valence-corrected chi connectivity index (χ0v) is 28.4. The van der Waals surface area contributed by atoms with Crippen molar-refractivity contribution in [3.63, 3.8) is 0 Å². The van der Waals surface area contributed by atoms with Gasteiger partial charge in [0.15, 0.2) is 0 Å². The first-order valence-corrected chi connectivity index (χ1v) is 18.1. The molecule has 0 amide bonds. The van der Waals surface area contributed by atoms with E-state index in [0.717, 1.165) is 69.0 Å². The summed E-state index contributed by atoms with van der Waals surface area (Å²) in [6.45, 7) is -0.0615. The molecule has 1 aliphatic carbocycles. The Morgan fingerprint density at radius 2 is 1.13 bits per heavy atom. The highest BCUT2D eigenvalue weighted by molar-refractivity contribution is 6.98. The maximum Gasteiger partial charge on any atom is 0.260 e. The lowest BCUT2D eigenvalue weighted by molar-refractivity contribution is 0.465. The van der Waals surface area contributed by atoms with Crippen LogP contribution in [0.15, 0.2) is 164 Å². The molecule has 0 saturated heterocycles. The van der Waals surface area contributed by atoms with Crippen LogP contribution in [0.3, 0.4) is 0 Å². The van der Waals surface area contributed by atoms with Crippen molar-refractivity contribution in [3.05, 3.63) is 175 Å². The van der Waals surface area contributed by atoms with E-state index in [2.05, 4.69) is 174 Å². The Kier molecular flexibility index (Phi) is 6.47. The summed E-state index contributed by atoms with van der Waals surface area (Å²) < 4.78 is 16.1. The van der Waals surface area contributed by atoms with Crippen molar-refractivity contribution in [2.24, 2.45) is 0 Å². The number of ether oxygens (including phenoxy) is 2. The van der Waals surface area contributed by atoms with E-state index in [9.17, 15) is 0 Å². The number of fused-ring (bicyclic) bond motifs is 7. The quantitative estimate of drug-likeness (QED) is 0.175. The molecule has 3 nitrogen and oxygen atoms in total. The zero-order valence-electron chi connectivity index (χ0n) is 28.4. The van der Waals surface area contributed by atoms with Gasteiger partial charge in [-0.2, -0.15) is 0 Å². The number of hydrogen-bond donors (Lipinski definition) is 0. The maximum absolute atomic E-state index is 6.97. The van der Waals surface area contributed by atoms with Crippen molar-refractivity contribution >= 4 is 40.1 Å². The summed E-state index contributed by atoms with van der Waals surface area (Å²) in [6.07, 6.45) is 6.73. The van der Waals surface area contributed by atoms with Crippen molar-refractivity contribution in [2.45, 2.75) is 12.8 Å². The highest BCUT2D eigenvalue weighted by atomic mass is 16.5. The minimum atomic E-state index is -0.0615. The number of para-hydroxylation sites is 1. The molecular formula is C48H32BNO2. The van der Waals surface area contributed by atoms with Gasteiger partial charge >= 0.3 is 0 Å². The van der Waals surface area contributed by atoms with E-state index in [4.69, 9.17) is 9.47 Å². The average Bonchev–Trinajstić information content (AvgIpc) is 3.55. The third-order valence-electron chi connectivity index (χ3n) is 11.0. The molecule has 0 saturated carbocycles. The summed E-state index contributed by atoms with van der Waals surface area (Å²) in [6, 6.07) is 56.4. The van der Waals surface area contributed by atoms with Gasteiger partial charge in [-0.3, -0.25) is 0 Å². The number of nitrogens with zero attached hydrogens (tertiary/aromatic N) is 1. The highest BCUT2D eigenvalue weighted by Crippen LogP contribution is 2.42. The van der Waals surface area contributed by atoms with Gasteiger partial charge in [0.2, 0.25) is 0 Å². The van der Waals surface area contributed by atoms with Gasteiger partial charge < -0.3 is 14.0 Å². The Morgan fingerprint density at radius 3 is 1.85 bits per heavy atom. The molecule has 0 atom stereocenters. The van der Waals surface area contributed by atoms with Crippen molar-refractivity contribution in [1.82, 2.24) is 4.57 Å². The molecule has 0 fully saturated rings. The van der Waals surface area contributed by atoms with E-state index < -0.39 is 0 Å². The van der Waals surface area contributed by atoms with E-state index in [1.54, 1.807) is 0 Å². The normalized spacial score (nSPS) is 13.4. The highest BCUT2D eigenvalue weighted by Gasteiger charge is 2.41. The predicted octanol–water partition coefficient (Wildman–Crippen LogP) is 10.3. The number of hydrogen-bond acceptors (Lipinski definition) is 2. The number of allylic oxidation sites excluding steroid dienone is 1. The van der Waals surface area contributed by atoms with Gasteiger partial charge in [0.1, 0.15) is 23.0 Å². The molecule has 4 heteroatoms. The molecule has 0 N–H and O–H groups in total. The van der Waals surface area contributed by atoms with Gasteiger partial charge in [0, 0.05) is 27.8 Å². The summed E-state index contributed by atoms with van der Waals surface area (Å²) in [5.41, 5.74) is 15.4. The third kappa shape index (κ3) is 4.47. The Bertz CT molecular complexity index is 2680. The lowest BCUT2D eigenvalue weighted by Crippen LogP contribution is -2.57. The van der Waals surface area contributed by atoms with Gasteiger partial charge in [-0.25, -0.2) is 0 Å². The van der Waals surface area contributed by atoms with Crippen LogP contribution >= 0.6 is 0 Å². The molecular weight excluding hydrogens is 633 g/mol. The summed E-state index contributed by atoms with van der Waals surface area (Å²) in [5.74, 6) is 3.46. The summed E-state index contributed by atoms with van der Waals surface area (Å²) >= 11 is 0. The smallest absolute Gasteiger partial charge is 0.260 e. The summed E-state index contributed by atoms with van der Waals surface area (Å²) in [7, 11) is 0. The Morgan fingerprint density at radius 1 is 0.519 bits per heavy atom. The van der Waals surface area contributed by atoms with E-state index in [1.807, 2.05) is 0 Å². The minimum absolute atomic E-state index is 0.0615. The largest absolute Gasteiger partial charge is 0.458 e. The van der Waals surface area contributed by atoms with Crippen LogP contribution in [0.4, 0.5) is 0 Å². The Labute approximate surface area is 303 Å². The fourth-order valence-electron chi connectivity index (χ4n) is 8.60. The third-order valence-corrected chi connectivity index (χ3v) is 11.0. The molecule has 2 aliphatic heterocycles. The molecule has 3 aliphatic rings. The molecule has 1 aromatic heterocycles. The Balaban J connectivity index is 1.07. The van der Waals surface area contributed by atoms with E-state index in [-0.39, 0.29) is 6.71 Å². The van der Waals surface area contributed by atoms with E-state index >= 15 is 0 Å². The predicted molar refractivity (Wildman–Crippen MR) is 215 cm³/mol. The van der Waals surface area contributed by atoms with E-state index in [1.165, 1.54) is 44.4 Å².